The summed E-state index contributed by atoms with van der Waals surface area (Å²) >= 11 is 35.3. The third-order valence-electron chi connectivity index (χ3n) is 2.28. The number of halogens is 6. The van der Waals surface area contributed by atoms with Crippen molar-refractivity contribution < 1.29 is 9.59 Å². The lowest BCUT2D eigenvalue weighted by Crippen LogP contribution is -2.52. The molecule has 0 spiro atoms. The normalized spacial score (nSPS) is 35.9. The maximum absolute atomic E-state index is 9.34. The summed E-state index contributed by atoms with van der Waals surface area (Å²) in [6.07, 6.45) is 2.62. The third-order valence-corrected chi connectivity index (χ3v) is 6.31. The van der Waals surface area contributed by atoms with E-state index in [-0.39, 0.29) is 13.1 Å². The fourth-order valence-corrected chi connectivity index (χ4v) is 3.57. The van der Waals surface area contributed by atoms with Crippen LogP contribution in [0.1, 0.15) is 0 Å². The molecule has 10 heteroatoms. The molecular weight excluding hydrogens is 393 g/mol. The van der Waals surface area contributed by atoms with Crippen LogP contribution in [-0.4, -0.2) is 57.5 Å². The van der Waals surface area contributed by atoms with Crippen LogP contribution in [0.5, 0.6) is 0 Å². The first-order chi connectivity index (χ1) is 9.38. The lowest BCUT2D eigenvalue weighted by molar-refractivity contribution is 0.544. The molecule has 1 aliphatic rings. The summed E-state index contributed by atoms with van der Waals surface area (Å²) in [6.45, 7) is 0.442. The molecular formula is C10H10Cl6N2O2. The molecule has 0 amide bonds. The van der Waals surface area contributed by atoms with Crippen molar-refractivity contribution in [2.45, 2.75) is 32.3 Å². The average Bonchev–Trinajstić information content (AvgIpc) is 2.46. The molecule has 0 saturated heterocycles. The Morgan fingerprint density at radius 2 is 0.800 bits per heavy atom. The van der Waals surface area contributed by atoms with Gasteiger partial charge in [0.25, 0.3) is 0 Å². The monoisotopic (exact) mass is 400 g/mol. The van der Waals surface area contributed by atoms with Crippen LogP contribution in [-0.2, 0) is 9.59 Å². The minimum Gasteiger partial charge on any atom is -0.211 e. The van der Waals surface area contributed by atoms with E-state index in [1.54, 1.807) is 0 Å². The standard InChI is InChI=1S/C6H6Cl6.C4H4N2O2/c7-1-2(8)4(10)6(12)5(11)3(1)9;7-3-5-1-2-6-4-8/h1-6H;1-2H2/t1-,2-,3-,4+,5+,6+;. The Kier molecular flexibility index (Phi) is 11.4. The molecule has 1 aliphatic carbocycles. The maximum Gasteiger partial charge on any atom is 0.235 e. The highest BCUT2D eigenvalue weighted by Crippen LogP contribution is 2.39. The molecule has 0 aromatic heterocycles. The molecule has 1 saturated carbocycles. The van der Waals surface area contributed by atoms with Gasteiger partial charge in [0.1, 0.15) is 0 Å². The van der Waals surface area contributed by atoms with Crippen LogP contribution in [0.2, 0.25) is 0 Å². The van der Waals surface area contributed by atoms with Crippen LogP contribution in [0.25, 0.3) is 0 Å². The number of isocyanates is 2. The zero-order valence-corrected chi connectivity index (χ0v) is 14.4. The molecule has 20 heavy (non-hydrogen) atoms. The van der Waals surface area contributed by atoms with Gasteiger partial charge in [-0.3, -0.25) is 0 Å². The number of rotatable bonds is 3. The van der Waals surface area contributed by atoms with Gasteiger partial charge in [-0.2, -0.15) is 0 Å². The fraction of sp³-hybridized carbons (Fsp3) is 0.800. The quantitative estimate of drug-likeness (QED) is 0.315. The smallest absolute Gasteiger partial charge is 0.211 e. The van der Waals surface area contributed by atoms with Gasteiger partial charge >= 0.3 is 0 Å². The second-order valence-corrected chi connectivity index (χ2v) is 6.64. The molecule has 1 fully saturated rings. The summed E-state index contributed by atoms with van der Waals surface area (Å²) in [5, 5.41) is -2.62. The molecule has 0 N–H and O–H groups in total. The van der Waals surface area contributed by atoms with E-state index in [9.17, 15) is 9.59 Å². The minimum atomic E-state index is -0.437. The molecule has 0 unspecified atom stereocenters. The Bertz CT molecular complexity index is 309. The summed E-state index contributed by atoms with van der Waals surface area (Å²) in [6, 6.07) is 0. The molecule has 0 heterocycles. The number of nitrogens with zero attached hydrogens (tertiary/aromatic N) is 2. The van der Waals surface area contributed by atoms with Crippen molar-refractivity contribution >= 4 is 81.8 Å². The average molecular weight is 403 g/mol. The Morgan fingerprint density at radius 1 is 0.600 bits per heavy atom. The second kappa shape index (κ2) is 11.1. The summed E-state index contributed by atoms with van der Waals surface area (Å²) in [4.78, 5) is 24.9. The van der Waals surface area contributed by atoms with Gasteiger partial charge < -0.3 is 0 Å². The van der Waals surface area contributed by atoms with Crippen LogP contribution in [0.3, 0.4) is 0 Å². The number of hydrogen-bond donors (Lipinski definition) is 0. The largest absolute Gasteiger partial charge is 0.235 e. The van der Waals surface area contributed by atoms with Gasteiger partial charge in [0.2, 0.25) is 12.2 Å². The molecule has 1 rings (SSSR count). The van der Waals surface area contributed by atoms with E-state index in [2.05, 4.69) is 9.98 Å². The van der Waals surface area contributed by atoms with Gasteiger partial charge in [-0.05, 0) is 0 Å². The van der Waals surface area contributed by atoms with Crippen molar-refractivity contribution in [3.8, 4) is 0 Å². The van der Waals surface area contributed by atoms with Crippen LogP contribution in [0.15, 0.2) is 9.98 Å². The Balaban J connectivity index is 0.000000396. The van der Waals surface area contributed by atoms with E-state index in [1.165, 1.54) is 12.2 Å². The fourth-order valence-electron chi connectivity index (χ4n) is 1.25. The second-order valence-electron chi connectivity index (χ2n) is 3.61. The molecule has 0 aromatic rings. The van der Waals surface area contributed by atoms with Crippen molar-refractivity contribution in [2.75, 3.05) is 13.1 Å². The topological polar surface area (TPSA) is 58.9 Å². The molecule has 0 bridgehead atoms. The number of aliphatic imine (C=N–C) groups is 2. The first kappa shape index (κ1) is 20.5. The zero-order chi connectivity index (χ0) is 15.7. The highest BCUT2D eigenvalue weighted by molar-refractivity contribution is 6.45. The van der Waals surface area contributed by atoms with E-state index in [1.807, 2.05) is 0 Å². The van der Waals surface area contributed by atoms with Gasteiger partial charge in [-0.1, -0.05) is 0 Å². The van der Waals surface area contributed by atoms with Gasteiger partial charge in [-0.25, -0.2) is 19.6 Å². The first-order valence-corrected chi connectivity index (χ1v) is 7.92. The van der Waals surface area contributed by atoms with Crippen molar-refractivity contribution in [3.05, 3.63) is 0 Å². The van der Waals surface area contributed by atoms with E-state index in [4.69, 9.17) is 69.6 Å². The van der Waals surface area contributed by atoms with Crippen molar-refractivity contribution in [3.63, 3.8) is 0 Å². The SMILES string of the molecule is Cl[C@H]1[C@H](Cl)[C@@H](Cl)[C@@H](Cl)[C@H](Cl)[C@H]1Cl.O=C=NCCN=C=O. The highest BCUT2D eigenvalue weighted by atomic mass is 35.5. The molecule has 4 nitrogen and oxygen atoms in total. The minimum absolute atomic E-state index is 0.221. The van der Waals surface area contributed by atoms with Crippen molar-refractivity contribution in [2.24, 2.45) is 9.98 Å². The Labute approximate surface area is 146 Å². The lowest BCUT2D eigenvalue weighted by atomic mass is 9.97. The third kappa shape index (κ3) is 6.51. The zero-order valence-electron chi connectivity index (χ0n) is 9.86. The van der Waals surface area contributed by atoms with E-state index < -0.39 is 32.3 Å². The highest BCUT2D eigenvalue weighted by Gasteiger charge is 2.46. The van der Waals surface area contributed by atoms with Crippen molar-refractivity contribution in [1.82, 2.24) is 0 Å². The predicted octanol–water partition coefficient (Wildman–Crippen LogP) is 3.30. The summed E-state index contributed by atoms with van der Waals surface area (Å²) < 4.78 is 0. The number of hydrogen-bond acceptors (Lipinski definition) is 4. The van der Waals surface area contributed by atoms with E-state index >= 15 is 0 Å². The van der Waals surface area contributed by atoms with Crippen LogP contribution < -0.4 is 0 Å². The Hall–Kier alpha value is 0.500. The van der Waals surface area contributed by atoms with Gasteiger partial charge in [0.15, 0.2) is 0 Å². The van der Waals surface area contributed by atoms with Gasteiger partial charge in [0.05, 0.1) is 45.4 Å². The van der Waals surface area contributed by atoms with E-state index in [0.717, 1.165) is 0 Å². The first-order valence-electron chi connectivity index (χ1n) is 5.30. The number of alkyl halides is 6. The van der Waals surface area contributed by atoms with Crippen LogP contribution in [0.4, 0.5) is 0 Å². The number of carbonyl (C=O) groups excluding carboxylic acids is 2. The summed E-state index contributed by atoms with van der Waals surface area (Å²) in [7, 11) is 0. The van der Waals surface area contributed by atoms with Crippen molar-refractivity contribution in [1.29, 1.82) is 0 Å². The lowest BCUT2D eigenvalue weighted by Gasteiger charge is -2.37. The van der Waals surface area contributed by atoms with Crippen LogP contribution >= 0.6 is 69.6 Å². The van der Waals surface area contributed by atoms with Crippen LogP contribution in [0, 0.1) is 0 Å². The summed E-state index contributed by atoms with van der Waals surface area (Å²) in [5.41, 5.74) is 0. The summed E-state index contributed by atoms with van der Waals surface area (Å²) in [5.74, 6) is 0. The molecule has 0 aliphatic heterocycles. The molecule has 0 atom stereocenters. The Morgan fingerprint density at radius 3 is 0.950 bits per heavy atom. The molecule has 114 valence electrons. The van der Waals surface area contributed by atoms with Gasteiger partial charge in [-0.15, -0.1) is 69.6 Å². The molecule has 0 aromatic carbocycles. The maximum atomic E-state index is 9.34. The van der Waals surface area contributed by atoms with E-state index in [0.29, 0.717) is 0 Å². The predicted molar refractivity (Wildman–Crippen MR) is 83.8 cm³/mol. The van der Waals surface area contributed by atoms with Gasteiger partial charge in [0, 0.05) is 0 Å². The molecule has 0 radical (unpaired) electrons.